The van der Waals surface area contributed by atoms with Gasteiger partial charge in [0.25, 0.3) is 5.91 Å². The van der Waals surface area contributed by atoms with E-state index in [-0.39, 0.29) is 42.8 Å². The first-order valence-corrected chi connectivity index (χ1v) is 26.9. The van der Waals surface area contributed by atoms with Crippen LogP contribution in [-0.4, -0.2) is 143 Å². The smallest absolute Gasteiger partial charge is 0.326 e. The number of primary amides is 1. The molecule has 1 aromatic heterocycles. The molecule has 5 atom stereocenters. The van der Waals surface area contributed by atoms with Crippen LogP contribution in [0.2, 0.25) is 0 Å². The molecule has 0 aliphatic heterocycles. The fourth-order valence-corrected chi connectivity index (χ4v) is 8.76. The zero-order valence-electron chi connectivity index (χ0n) is 45.4. The third-order valence-electron chi connectivity index (χ3n) is 12.6. The van der Waals surface area contributed by atoms with Crippen molar-refractivity contribution in [2.45, 2.75) is 139 Å². The van der Waals surface area contributed by atoms with Crippen LogP contribution in [0.4, 0.5) is 13.6 Å². The van der Waals surface area contributed by atoms with Gasteiger partial charge in [-0.3, -0.25) is 43.2 Å². The molecule has 9 amide bonds. The van der Waals surface area contributed by atoms with E-state index in [0.717, 1.165) is 23.8 Å². The minimum Gasteiger partial charge on any atom is -0.481 e. The first-order valence-electron chi connectivity index (χ1n) is 25.8. The van der Waals surface area contributed by atoms with Crippen LogP contribution >= 0.6 is 22.6 Å². The van der Waals surface area contributed by atoms with E-state index < -0.39 is 162 Å². The van der Waals surface area contributed by atoms with E-state index in [1.54, 1.807) is 67.9 Å². The number of nitrogens with zero attached hydrogens (tertiary/aromatic N) is 2. The Labute approximate surface area is 479 Å². The highest BCUT2D eigenvalue weighted by Crippen LogP contribution is 2.41. The van der Waals surface area contributed by atoms with Gasteiger partial charge in [-0.15, -0.1) is 0 Å². The Hall–Kier alpha value is -7.76. The number of nitrogens with one attached hydrogen (secondary N) is 7. The predicted octanol–water partition coefficient (Wildman–Crippen LogP) is 2.51. The normalized spacial score (nSPS) is 13.2. The van der Waals surface area contributed by atoms with Gasteiger partial charge in [-0.2, -0.15) is 0 Å². The Bertz CT molecular complexity index is 2740. The molecule has 25 nitrogen and oxygen atoms in total. The Balaban J connectivity index is 2.06. The summed E-state index contributed by atoms with van der Waals surface area (Å²) in [6.07, 6.45) is -3.14. The second kappa shape index (κ2) is 31.9. The fourth-order valence-electron chi connectivity index (χ4n) is 8.46. The molecule has 3 rings (SSSR count). The Morgan fingerprint density at radius 2 is 1.35 bits per heavy atom. The molecule has 2 aromatic carbocycles. The van der Waals surface area contributed by atoms with E-state index in [1.807, 2.05) is 19.2 Å². The number of hydrogen-bond donors (Lipinski definition) is 12. The molecule has 28 heteroatoms. The summed E-state index contributed by atoms with van der Waals surface area (Å²) in [6, 6.07) is 5.57. The summed E-state index contributed by atoms with van der Waals surface area (Å²) in [6.45, 7) is 6.97. The number of urea groups is 1. The molecular formula is C53H71F2IN10O15. The number of rotatable bonds is 33. The third kappa shape index (κ3) is 22.4. The maximum absolute atomic E-state index is 15.4. The van der Waals surface area contributed by atoms with Crippen molar-refractivity contribution in [1.82, 2.24) is 46.7 Å². The zero-order chi connectivity index (χ0) is 60.8. The second-order valence-corrected chi connectivity index (χ2v) is 22.0. The molecule has 0 radical (unpaired) electrons. The molecule has 444 valence electrons. The number of carboxylic acids is 3. The largest absolute Gasteiger partial charge is 0.481 e. The highest BCUT2D eigenvalue weighted by molar-refractivity contribution is 14.1. The van der Waals surface area contributed by atoms with Gasteiger partial charge in [0.15, 0.2) is 6.17 Å². The molecule has 1 heterocycles. The summed E-state index contributed by atoms with van der Waals surface area (Å²) in [5, 5.41) is 54.7. The maximum atomic E-state index is 15.4. The van der Waals surface area contributed by atoms with E-state index >= 15 is 4.39 Å². The Kier molecular flexibility index (Phi) is 26.6. The van der Waals surface area contributed by atoms with Crippen molar-refractivity contribution in [1.29, 1.82) is 0 Å². The van der Waals surface area contributed by atoms with Gasteiger partial charge in [-0.25, -0.2) is 18.4 Å². The number of aliphatic carboxylic acids is 3. The lowest BCUT2D eigenvalue weighted by atomic mass is 9.82. The van der Waals surface area contributed by atoms with E-state index in [1.165, 1.54) is 4.90 Å². The summed E-state index contributed by atoms with van der Waals surface area (Å²) in [4.78, 5) is 143. The molecule has 0 unspecified atom stereocenters. The van der Waals surface area contributed by atoms with E-state index in [0.29, 0.717) is 18.5 Å². The molecule has 0 bridgehead atoms. The molecule has 0 aliphatic carbocycles. The summed E-state index contributed by atoms with van der Waals surface area (Å²) < 4.78 is 31.2. The van der Waals surface area contributed by atoms with Crippen molar-refractivity contribution in [3.63, 3.8) is 0 Å². The van der Waals surface area contributed by atoms with Crippen LogP contribution < -0.4 is 43.0 Å². The highest BCUT2D eigenvalue weighted by atomic mass is 127. The topological polar surface area (TPSA) is 387 Å². The van der Waals surface area contributed by atoms with Gasteiger partial charge < -0.3 is 72.8 Å². The van der Waals surface area contributed by atoms with Crippen LogP contribution in [0.15, 0.2) is 60.8 Å². The fraction of sp³-hybridized carbons (Fsp3) is 0.491. The van der Waals surface area contributed by atoms with Crippen LogP contribution in [0.5, 0.6) is 0 Å². The van der Waals surface area contributed by atoms with E-state index in [4.69, 9.17) is 10.8 Å². The van der Waals surface area contributed by atoms with Crippen molar-refractivity contribution >= 4 is 87.9 Å². The average molecular weight is 1250 g/mol. The average Bonchev–Trinajstić information content (AvgIpc) is 3.79. The summed E-state index contributed by atoms with van der Waals surface area (Å²) in [7, 11) is 0. The predicted molar refractivity (Wildman–Crippen MR) is 295 cm³/mol. The van der Waals surface area contributed by atoms with E-state index in [9.17, 15) is 72.4 Å². The van der Waals surface area contributed by atoms with Crippen molar-refractivity contribution in [2.75, 3.05) is 19.7 Å². The van der Waals surface area contributed by atoms with Crippen LogP contribution in [0.1, 0.15) is 116 Å². The standard InChI is InChI=1S/C53H71F2IN10O15/c1-6-53(56,7-2)64-41(70)15-11-14-39(68)60-37(26-44(74)75)48(77)62-46(63-51(57)81)49(78)61-35(47(76)58-22-20-40(69)59-36(50(79)80)18-19-43(72)73)21-23-66(42(71)29-67)45(52(3,4)5)38-24-31(33-25-32(54)16-17-34(33)55)28-65(38)27-30-12-9-8-10-13-30/h8-10,12-13,16-17,24-25,28,35-37,45-46,67H,6-7,11,14-15,18-23,26-27,29H2,1-5H3,(H,58,76)(H,59,69)(H,60,68)(H,61,78)(H,62,77)(H,64,70)(H,72,73)(H,74,75)(H,79,80)(H3,57,63,81)/t35-,36+,37-,45-,46-/m0/s1. The number of halogens is 3. The van der Waals surface area contributed by atoms with Gasteiger partial charge in [0.2, 0.25) is 35.4 Å². The highest BCUT2D eigenvalue weighted by Gasteiger charge is 2.39. The number of benzene rings is 2. The Morgan fingerprint density at radius 3 is 1.93 bits per heavy atom. The third-order valence-corrected chi connectivity index (χ3v) is 14.4. The lowest BCUT2D eigenvalue weighted by molar-refractivity contribution is -0.143. The SMILES string of the molecule is CCC(I)(CC)NC(=O)CCCC(=O)N[C@@H](CC(=O)O)C(=O)N[C@@H](NC(N)=O)C(=O)N[C@@H](CCN(C(=O)CO)[C@@H](c1cc(-c2cc(F)ccc2F)cn1Cc1ccccc1)C(C)(C)C)C(=O)NCCC(=O)N[C@H](CCC(=O)O)C(=O)O. The summed E-state index contributed by atoms with van der Waals surface area (Å²) in [5.41, 5.74) is 5.58. The minimum atomic E-state index is -2.21. The molecule has 0 saturated carbocycles. The molecule has 0 fully saturated rings. The van der Waals surface area contributed by atoms with Gasteiger partial charge in [-0.1, -0.05) is 87.5 Å². The quantitative estimate of drug-likeness (QED) is 0.0180. The monoisotopic (exact) mass is 1250 g/mol. The van der Waals surface area contributed by atoms with Gasteiger partial charge >= 0.3 is 23.9 Å². The first-order chi connectivity index (χ1) is 38.0. The second-order valence-electron chi connectivity index (χ2n) is 19.9. The number of aromatic nitrogens is 1. The number of carbonyl (C=O) groups is 11. The van der Waals surface area contributed by atoms with Crippen molar-refractivity contribution in [2.24, 2.45) is 11.1 Å². The van der Waals surface area contributed by atoms with Crippen LogP contribution in [-0.2, 0) is 54.5 Å². The molecular weight excluding hydrogens is 1180 g/mol. The van der Waals surface area contributed by atoms with Crippen molar-refractivity contribution in [3.05, 3.63) is 83.7 Å². The summed E-state index contributed by atoms with van der Waals surface area (Å²) in [5.74, 6) is -12.8. The Morgan fingerprint density at radius 1 is 0.716 bits per heavy atom. The lowest BCUT2D eigenvalue weighted by Crippen LogP contribution is -2.63. The lowest BCUT2D eigenvalue weighted by Gasteiger charge is -2.41. The van der Waals surface area contributed by atoms with E-state index in [2.05, 4.69) is 54.5 Å². The van der Waals surface area contributed by atoms with Gasteiger partial charge in [0.05, 0.1) is 16.0 Å². The number of carboxylic acid groups (broad SMARTS) is 3. The first kappa shape index (κ1) is 67.5. The molecule has 0 spiro atoms. The molecule has 81 heavy (non-hydrogen) atoms. The number of nitrogens with two attached hydrogens (primary N) is 1. The number of hydrogen-bond acceptors (Lipinski definition) is 12. The molecule has 13 N–H and O–H groups in total. The maximum Gasteiger partial charge on any atom is 0.326 e. The van der Waals surface area contributed by atoms with Gasteiger partial charge in [0, 0.05) is 68.3 Å². The number of amides is 9. The minimum absolute atomic E-state index is 0.00848. The van der Waals surface area contributed by atoms with Gasteiger partial charge in [0.1, 0.15) is 36.4 Å². The number of aliphatic hydroxyl groups is 1. The number of carbonyl (C=O) groups excluding carboxylic acids is 8. The molecule has 0 saturated heterocycles. The van der Waals surface area contributed by atoms with Crippen molar-refractivity contribution < 1.29 is 81.9 Å². The van der Waals surface area contributed by atoms with Crippen LogP contribution in [0.25, 0.3) is 11.1 Å². The van der Waals surface area contributed by atoms with Gasteiger partial charge in [-0.05, 0) is 67.3 Å². The zero-order valence-corrected chi connectivity index (χ0v) is 47.6. The van der Waals surface area contributed by atoms with Crippen LogP contribution in [0, 0.1) is 17.0 Å². The number of aliphatic hydroxyl groups excluding tert-OH is 1. The van der Waals surface area contributed by atoms with Crippen molar-refractivity contribution in [3.8, 4) is 11.1 Å². The molecule has 0 aliphatic rings. The number of alkyl halides is 1. The summed E-state index contributed by atoms with van der Waals surface area (Å²) >= 11 is 2.11. The van der Waals surface area contributed by atoms with Crippen LogP contribution in [0.3, 0.4) is 0 Å². The molecule has 3 aromatic rings.